The van der Waals surface area contributed by atoms with E-state index in [9.17, 15) is 14.7 Å². The highest BCUT2D eigenvalue weighted by atomic mass is 16.6. The average Bonchev–Trinajstić information content (AvgIpc) is 3.14. The van der Waals surface area contributed by atoms with Crippen LogP contribution in [0.25, 0.3) is 22.3 Å². The fourth-order valence-electron chi connectivity index (χ4n) is 4.82. The summed E-state index contributed by atoms with van der Waals surface area (Å²) in [5, 5.41) is 11.9. The topological polar surface area (TPSA) is 99.9 Å². The van der Waals surface area contributed by atoms with Crippen molar-refractivity contribution in [1.29, 1.82) is 0 Å². The van der Waals surface area contributed by atoms with E-state index in [1.54, 1.807) is 17.6 Å². The van der Waals surface area contributed by atoms with Gasteiger partial charge in [-0.15, -0.1) is 0 Å². The Hall–Kier alpha value is -3.39. The van der Waals surface area contributed by atoms with Gasteiger partial charge < -0.3 is 23.9 Å². The molecule has 1 aromatic carbocycles. The first-order chi connectivity index (χ1) is 14.9. The number of aromatic nitrogens is 2. The normalized spacial score (nSPS) is 20.8. The average molecular weight is 420 g/mol. The number of rotatable bonds is 1. The van der Waals surface area contributed by atoms with Crippen LogP contribution in [0.1, 0.15) is 35.6 Å². The van der Waals surface area contributed by atoms with Gasteiger partial charge in [-0.1, -0.05) is 6.92 Å². The van der Waals surface area contributed by atoms with Gasteiger partial charge in [-0.2, -0.15) is 0 Å². The second-order valence-corrected chi connectivity index (χ2v) is 8.19. The van der Waals surface area contributed by atoms with Crippen LogP contribution in [0.15, 0.2) is 23.0 Å². The third-order valence-corrected chi connectivity index (χ3v) is 6.57. The molecular weight excluding hydrogens is 400 g/mol. The molecule has 8 heteroatoms. The van der Waals surface area contributed by atoms with E-state index in [4.69, 9.17) is 19.2 Å². The fourth-order valence-corrected chi connectivity index (χ4v) is 4.82. The molecular formula is C23H20N2O6. The van der Waals surface area contributed by atoms with E-state index in [0.717, 1.165) is 27.8 Å². The number of hydrogen-bond acceptors (Lipinski definition) is 7. The second-order valence-electron chi connectivity index (χ2n) is 8.19. The molecule has 2 aromatic heterocycles. The Balaban J connectivity index is 1.61. The van der Waals surface area contributed by atoms with Gasteiger partial charge in [-0.3, -0.25) is 4.79 Å². The number of hydrogen-bond donors (Lipinski definition) is 1. The minimum absolute atomic E-state index is 0.113. The molecule has 0 saturated heterocycles. The van der Waals surface area contributed by atoms with Gasteiger partial charge in [0.2, 0.25) is 0 Å². The van der Waals surface area contributed by atoms with Crippen LogP contribution in [0.3, 0.4) is 0 Å². The van der Waals surface area contributed by atoms with Gasteiger partial charge in [-0.25, -0.2) is 9.78 Å². The lowest BCUT2D eigenvalue weighted by Crippen LogP contribution is -2.44. The van der Waals surface area contributed by atoms with Gasteiger partial charge in [0.1, 0.15) is 19.8 Å². The van der Waals surface area contributed by atoms with E-state index in [1.165, 1.54) is 0 Å². The first-order valence-corrected chi connectivity index (χ1v) is 10.3. The Labute approximate surface area is 177 Å². The summed E-state index contributed by atoms with van der Waals surface area (Å²) in [6.45, 7) is 4.88. The molecule has 3 aromatic rings. The number of carbonyl (C=O) groups is 1. The summed E-state index contributed by atoms with van der Waals surface area (Å²) in [5.41, 5.74) is 2.39. The SMILES string of the molecule is CC[C@@]1(O)C(=O)OCc2c1cc1n(c2=O)Cc2cc3c(C)c4c(cc3nc2-1)OCCO4. The zero-order valence-corrected chi connectivity index (χ0v) is 17.2. The second kappa shape index (κ2) is 6.07. The molecule has 3 aliphatic heterocycles. The number of cyclic esters (lactones) is 1. The highest BCUT2D eigenvalue weighted by Gasteiger charge is 2.45. The van der Waals surface area contributed by atoms with Crippen molar-refractivity contribution in [3.63, 3.8) is 0 Å². The molecule has 6 rings (SSSR count). The van der Waals surface area contributed by atoms with E-state index in [0.29, 0.717) is 48.0 Å². The van der Waals surface area contributed by atoms with Crippen LogP contribution in [-0.2, 0) is 28.3 Å². The number of aliphatic hydroxyl groups is 1. The molecule has 1 N–H and O–H groups in total. The maximum absolute atomic E-state index is 13.2. The predicted molar refractivity (Wildman–Crippen MR) is 110 cm³/mol. The van der Waals surface area contributed by atoms with Crippen molar-refractivity contribution in [2.45, 2.75) is 39.0 Å². The summed E-state index contributed by atoms with van der Waals surface area (Å²) in [5.74, 6) is 0.663. The molecule has 1 atom stereocenters. The Morgan fingerprint density at radius 1 is 1.16 bits per heavy atom. The Morgan fingerprint density at radius 3 is 2.77 bits per heavy atom. The van der Waals surface area contributed by atoms with Gasteiger partial charge in [0.25, 0.3) is 5.56 Å². The van der Waals surface area contributed by atoms with Crippen molar-refractivity contribution in [1.82, 2.24) is 9.55 Å². The van der Waals surface area contributed by atoms with Crippen molar-refractivity contribution in [2.24, 2.45) is 0 Å². The summed E-state index contributed by atoms with van der Waals surface area (Å²) in [6, 6.07) is 5.61. The van der Waals surface area contributed by atoms with Gasteiger partial charge >= 0.3 is 5.97 Å². The predicted octanol–water partition coefficient (Wildman–Crippen LogP) is 2.16. The molecule has 0 saturated carbocycles. The van der Waals surface area contributed by atoms with E-state index in [2.05, 4.69) is 0 Å². The maximum Gasteiger partial charge on any atom is 0.343 e. The zero-order valence-electron chi connectivity index (χ0n) is 17.2. The van der Waals surface area contributed by atoms with Crippen molar-refractivity contribution >= 4 is 16.9 Å². The summed E-state index contributed by atoms with van der Waals surface area (Å²) in [6.07, 6.45) is 0.113. The number of aryl methyl sites for hydroxylation is 1. The third-order valence-electron chi connectivity index (χ3n) is 6.57. The molecule has 0 fully saturated rings. The smallest absolute Gasteiger partial charge is 0.343 e. The first-order valence-electron chi connectivity index (χ1n) is 10.3. The molecule has 3 aliphatic rings. The van der Waals surface area contributed by atoms with Gasteiger partial charge in [0.05, 0.1) is 29.0 Å². The highest BCUT2D eigenvalue weighted by Crippen LogP contribution is 2.42. The molecule has 0 amide bonds. The van der Waals surface area contributed by atoms with Crippen LogP contribution in [-0.4, -0.2) is 33.8 Å². The lowest BCUT2D eigenvalue weighted by molar-refractivity contribution is -0.172. The summed E-state index contributed by atoms with van der Waals surface area (Å²) >= 11 is 0. The van der Waals surface area contributed by atoms with E-state index >= 15 is 0 Å². The Morgan fingerprint density at radius 2 is 1.97 bits per heavy atom. The van der Waals surface area contributed by atoms with E-state index in [-0.39, 0.29) is 18.6 Å². The van der Waals surface area contributed by atoms with E-state index in [1.807, 2.05) is 19.1 Å². The van der Waals surface area contributed by atoms with Crippen LogP contribution in [0.4, 0.5) is 0 Å². The van der Waals surface area contributed by atoms with Crippen molar-refractivity contribution in [3.05, 3.63) is 50.8 Å². The van der Waals surface area contributed by atoms with Crippen LogP contribution in [0.5, 0.6) is 11.5 Å². The Kier molecular flexibility index (Phi) is 3.60. The molecule has 158 valence electrons. The van der Waals surface area contributed by atoms with Crippen LogP contribution >= 0.6 is 0 Å². The minimum Gasteiger partial charge on any atom is -0.486 e. The zero-order chi connectivity index (χ0) is 21.5. The largest absolute Gasteiger partial charge is 0.486 e. The highest BCUT2D eigenvalue weighted by molar-refractivity contribution is 5.91. The lowest BCUT2D eigenvalue weighted by atomic mass is 9.86. The number of benzene rings is 1. The standard InChI is InChI=1S/C23H20N2O6/c1-3-23(28)15-7-17-19-12(9-25(17)21(26)14(15)10-31-22(23)27)6-13-11(2)20-18(8-16(13)24-19)29-4-5-30-20/h6-8,28H,3-5,9-10H2,1-2H3/t23-/m0/s1. The van der Waals surface area contributed by atoms with Crippen LogP contribution in [0, 0.1) is 6.92 Å². The molecule has 0 bridgehead atoms. The summed E-state index contributed by atoms with van der Waals surface area (Å²) in [4.78, 5) is 30.4. The fraction of sp³-hybridized carbons (Fsp3) is 0.348. The van der Waals surface area contributed by atoms with E-state index < -0.39 is 11.6 Å². The molecule has 0 spiro atoms. The number of ether oxygens (including phenoxy) is 3. The molecule has 5 heterocycles. The van der Waals surface area contributed by atoms with Gasteiger partial charge in [-0.05, 0) is 25.5 Å². The van der Waals surface area contributed by atoms with Gasteiger partial charge in [0, 0.05) is 28.1 Å². The van der Waals surface area contributed by atoms with Crippen molar-refractivity contribution in [3.8, 4) is 22.9 Å². The van der Waals surface area contributed by atoms with Crippen molar-refractivity contribution in [2.75, 3.05) is 13.2 Å². The number of pyridine rings is 2. The molecule has 8 nitrogen and oxygen atoms in total. The third kappa shape index (κ3) is 2.31. The number of carbonyl (C=O) groups excluding carboxylic acids is 1. The summed E-state index contributed by atoms with van der Waals surface area (Å²) in [7, 11) is 0. The van der Waals surface area contributed by atoms with Crippen LogP contribution < -0.4 is 15.0 Å². The van der Waals surface area contributed by atoms with Crippen molar-refractivity contribution < 1.29 is 24.1 Å². The first kappa shape index (κ1) is 18.4. The van der Waals surface area contributed by atoms with Gasteiger partial charge in [0.15, 0.2) is 17.1 Å². The minimum atomic E-state index is -1.83. The molecule has 0 aliphatic carbocycles. The summed E-state index contributed by atoms with van der Waals surface area (Å²) < 4.78 is 18.3. The number of fused-ring (bicyclic) bond motifs is 6. The lowest BCUT2D eigenvalue weighted by Gasteiger charge is -2.31. The molecule has 0 radical (unpaired) electrons. The number of esters is 1. The van der Waals surface area contributed by atoms with Crippen LogP contribution in [0.2, 0.25) is 0 Å². The number of nitrogens with zero attached hydrogens (tertiary/aromatic N) is 2. The quantitative estimate of drug-likeness (QED) is 0.471. The molecule has 0 unspecified atom stereocenters. The maximum atomic E-state index is 13.2. The Bertz CT molecular complexity index is 1380. The monoisotopic (exact) mass is 420 g/mol. The molecule has 31 heavy (non-hydrogen) atoms.